The van der Waals surface area contributed by atoms with Crippen LogP contribution in [0, 0.1) is 5.41 Å². The second-order valence-corrected chi connectivity index (χ2v) is 7.22. The van der Waals surface area contributed by atoms with Crippen molar-refractivity contribution in [3.63, 3.8) is 0 Å². The van der Waals surface area contributed by atoms with Gasteiger partial charge < -0.3 is 5.32 Å². The van der Waals surface area contributed by atoms with E-state index in [4.69, 9.17) is 0 Å². The molecule has 0 aliphatic rings. The van der Waals surface area contributed by atoms with Crippen LogP contribution >= 0.6 is 22.7 Å². The quantitative estimate of drug-likeness (QED) is 0.839. The monoisotopic (exact) mass is 253 g/mol. The molecule has 2 aromatic heterocycles. The summed E-state index contributed by atoms with van der Waals surface area (Å²) in [4.78, 5) is 1.47. The average Bonchev–Trinajstić information content (AvgIpc) is 2.70. The Bertz CT molecular complexity index is 433. The van der Waals surface area contributed by atoms with Gasteiger partial charge in [0, 0.05) is 20.3 Å². The molecule has 2 heterocycles. The first-order chi connectivity index (χ1) is 7.52. The summed E-state index contributed by atoms with van der Waals surface area (Å²) in [5, 5.41) is 5.78. The largest absolute Gasteiger partial charge is 0.309 e. The summed E-state index contributed by atoms with van der Waals surface area (Å²) in [7, 11) is 0. The van der Waals surface area contributed by atoms with Crippen LogP contribution in [0.2, 0.25) is 0 Å². The Kier molecular flexibility index (Phi) is 3.38. The van der Waals surface area contributed by atoms with Crippen molar-refractivity contribution < 1.29 is 0 Å². The first-order valence-electron chi connectivity index (χ1n) is 5.72. The highest BCUT2D eigenvalue weighted by molar-refractivity contribution is 7.26. The van der Waals surface area contributed by atoms with Crippen molar-refractivity contribution >= 4 is 32.1 Å². The van der Waals surface area contributed by atoms with Gasteiger partial charge in [-0.1, -0.05) is 27.7 Å². The van der Waals surface area contributed by atoms with Gasteiger partial charge in [-0.2, -0.15) is 0 Å². The van der Waals surface area contributed by atoms with Gasteiger partial charge in [0.1, 0.15) is 0 Å². The molecule has 1 N–H and O–H groups in total. The molecule has 2 aromatic rings. The van der Waals surface area contributed by atoms with E-state index in [0.717, 1.165) is 6.54 Å². The summed E-state index contributed by atoms with van der Waals surface area (Å²) >= 11 is 3.76. The lowest BCUT2D eigenvalue weighted by Crippen LogP contribution is -2.31. The third kappa shape index (κ3) is 2.31. The van der Waals surface area contributed by atoms with E-state index < -0.39 is 0 Å². The SMILES string of the molecule is CCNC(c1cc2sccc2s1)C(C)(C)C. The van der Waals surface area contributed by atoms with E-state index in [1.54, 1.807) is 0 Å². The number of rotatable bonds is 3. The third-order valence-electron chi connectivity index (χ3n) is 2.72. The van der Waals surface area contributed by atoms with E-state index in [-0.39, 0.29) is 5.41 Å². The molecule has 0 saturated heterocycles. The Labute approximate surface area is 105 Å². The highest BCUT2D eigenvalue weighted by atomic mass is 32.1. The molecule has 0 bridgehead atoms. The highest BCUT2D eigenvalue weighted by Crippen LogP contribution is 2.40. The molecule has 0 saturated carbocycles. The van der Waals surface area contributed by atoms with Crippen molar-refractivity contribution in [3.8, 4) is 0 Å². The van der Waals surface area contributed by atoms with Crippen molar-refractivity contribution in [2.24, 2.45) is 5.41 Å². The maximum Gasteiger partial charge on any atom is 0.0464 e. The van der Waals surface area contributed by atoms with Crippen LogP contribution in [0.25, 0.3) is 9.40 Å². The van der Waals surface area contributed by atoms with Crippen molar-refractivity contribution in [3.05, 3.63) is 22.4 Å². The fourth-order valence-corrected chi connectivity index (χ4v) is 4.41. The fraction of sp³-hybridized carbons (Fsp3) is 0.538. The molecule has 0 amide bonds. The minimum Gasteiger partial charge on any atom is -0.309 e. The lowest BCUT2D eigenvalue weighted by Gasteiger charge is -2.30. The molecule has 1 atom stereocenters. The molecular weight excluding hydrogens is 234 g/mol. The van der Waals surface area contributed by atoms with E-state index in [9.17, 15) is 0 Å². The van der Waals surface area contributed by atoms with Gasteiger partial charge in [0.2, 0.25) is 0 Å². The molecule has 1 unspecified atom stereocenters. The van der Waals surface area contributed by atoms with Crippen LogP contribution in [-0.4, -0.2) is 6.54 Å². The fourth-order valence-electron chi connectivity index (χ4n) is 1.96. The molecule has 1 nitrogen and oxygen atoms in total. The lowest BCUT2D eigenvalue weighted by atomic mass is 9.86. The Hall–Kier alpha value is -0.380. The zero-order valence-corrected chi connectivity index (χ0v) is 12.0. The Morgan fingerprint density at radius 2 is 2.06 bits per heavy atom. The number of fused-ring (bicyclic) bond motifs is 1. The standard InChI is InChI=1S/C13H19NS2/c1-5-14-12(13(2,3)4)11-8-10-9(16-11)6-7-15-10/h6-8,12,14H,5H2,1-4H3. The van der Waals surface area contributed by atoms with Crippen LogP contribution < -0.4 is 5.32 Å². The van der Waals surface area contributed by atoms with Crippen LogP contribution in [0.3, 0.4) is 0 Å². The molecular formula is C13H19NS2. The van der Waals surface area contributed by atoms with Crippen molar-refractivity contribution in [1.29, 1.82) is 0 Å². The smallest absolute Gasteiger partial charge is 0.0464 e. The number of thiophene rings is 2. The summed E-state index contributed by atoms with van der Waals surface area (Å²) < 4.78 is 2.85. The van der Waals surface area contributed by atoms with Gasteiger partial charge in [0.05, 0.1) is 0 Å². The second-order valence-electron chi connectivity index (χ2n) is 5.15. The van der Waals surface area contributed by atoms with E-state index >= 15 is 0 Å². The Morgan fingerprint density at radius 3 is 2.62 bits per heavy atom. The minimum atomic E-state index is 0.267. The van der Waals surface area contributed by atoms with Gasteiger partial charge >= 0.3 is 0 Å². The molecule has 0 radical (unpaired) electrons. The number of hydrogen-bond donors (Lipinski definition) is 1. The highest BCUT2D eigenvalue weighted by Gasteiger charge is 2.26. The first-order valence-corrected chi connectivity index (χ1v) is 7.42. The second kappa shape index (κ2) is 4.47. The van der Waals surface area contributed by atoms with Crippen LogP contribution in [0.15, 0.2) is 17.5 Å². The van der Waals surface area contributed by atoms with Crippen LogP contribution in [0.4, 0.5) is 0 Å². The maximum absolute atomic E-state index is 3.60. The molecule has 0 aliphatic carbocycles. The zero-order valence-electron chi connectivity index (χ0n) is 10.3. The minimum absolute atomic E-state index is 0.267. The van der Waals surface area contributed by atoms with Crippen molar-refractivity contribution in [2.75, 3.05) is 6.54 Å². The third-order valence-corrected chi connectivity index (χ3v) is 4.88. The summed E-state index contributed by atoms with van der Waals surface area (Å²) in [5.41, 5.74) is 0.267. The lowest BCUT2D eigenvalue weighted by molar-refractivity contribution is 0.281. The Morgan fingerprint density at radius 1 is 1.31 bits per heavy atom. The molecule has 0 fully saturated rings. The van der Waals surface area contributed by atoms with Crippen LogP contribution in [0.5, 0.6) is 0 Å². The summed E-state index contributed by atoms with van der Waals surface area (Å²) in [6.07, 6.45) is 0. The predicted molar refractivity (Wildman–Crippen MR) is 75.6 cm³/mol. The van der Waals surface area contributed by atoms with E-state index in [1.165, 1.54) is 14.3 Å². The Balaban J connectivity index is 2.36. The molecule has 0 spiro atoms. The summed E-state index contributed by atoms with van der Waals surface area (Å²) in [5.74, 6) is 0. The van der Waals surface area contributed by atoms with E-state index in [2.05, 4.69) is 50.5 Å². The van der Waals surface area contributed by atoms with Crippen LogP contribution in [0.1, 0.15) is 38.6 Å². The van der Waals surface area contributed by atoms with E-state index in [1.807, 2.05) is 22.7 Å². The van der Waals surface area contributed by atoms with Gasteiger partial charge in [0.15, 0.2) is 0 Å². The van der Waals surface area contributed by atoms with Gasteiger partial charge in [-0.3, -0.25) is 0 Å². The first kappa shape index (κ1) is 12.1. The topological polar surface area (TPSA) is 12.0 Å². The van der Waals surface area contributed by atoms with Gasteiger partial charge in [-0.15, -0.1) is 22.7 Å². The number of nitrogens with one attached hydrogen (secondary N) is 1. The molecule has 0 aromatic carbocycles. The number of hydrogen-bond acceptors (Lipinski definition) is 3. The van der Waals surface area contributed by atoms with Gasteiger partial charge in [-0.25, -0.2) is 0 Å². The molecule has 2 rings (SSSR count). The average molecular weight is 253 g/mol. The van der Waals surface area contributed by atoms with Crippen molar-refractivity contribution in [1.82, 2.24) is 5.32 Å². The van der Waals surface area contributed by atoms with Crippen molar-refractivity contribution in [2.45, 2.75) is 33.7 Å². The van der Waals surface area contributed by atoms with Crippen LogP contribution in [-0.2, 0) is 0 Å². The summed E-state index contributed by atoms with van der Waals surface area (Å²) in [6, 6.07) is 5.03. The molecule has 16 heavy (non-hydrogen) atoms. The van der Waals surface area contributed by atoms with E-state index in [0.29, 0.717) is 6.04 Å². The van der Waals surface area contributed by atoms with Gasteiger partial charge in [-0.05, 0) is 29.5 Å². The molecule has 0 aliphatic heterocycles. The normalized spacial score (nSPS) is 14.5. The van der Waals surface area contributed by atoms with Gasteiger partial charge in [0.25, 0.3) is 0 Å². The molecule has 3 heteroatoms. The predicted octanol–water partition coefficient (Wildman–Crippen LogP) is 4.66. The summed E-state index contributed by atoms with van der Waals surface area (Å²) in [6.45, 7) is 10.1. The maximum atomic E-state index is 3.60. The zero-order chi connectivity index (χ0) is 11.8. The molecule has 88 valence electrons.